The number of benzene rings is 3. The average Bonchev–Trinajstić information content (AvgIpc) is 3.35. The Kier molecular flexibility index (Phi) is 7.35. The third-order valence-electron chi connectivity index (χ3n) is 8.00. The van der Waals surface area contributed by atoms with Crippen LogP contribution in [0.5, 0.6) is 0 Å². The maximum Gasteiger partial charge on any atom is 0.492 e. The molecule has 6 nitrogen and oxygen atoms in total. The van der Waals surface area contributed by atoms with Crippen molar-refractivity contribution in [1.82, 2.24) is 5.32 Å². The molecule has 1 heterocycles. The van der Waals surface area contributed by atoms with E-state index in [1.807, 2.05) is 82.3 Å². The number of ether oxygens (including phenoxy) is 1. The number of fused-ring (bicyclic) bond motifs is 3. The van der Waals surface area contributed by atoms with Gasteiger partial charge in [0.1, 0.15) is 6.61 Å². The van der Waals surface area contributed by atoms with Gasteiger partial charge in [0.05, 0.1) is 23.7 Å². The van der Waals surface area contributed by atoms with Gasteiger partial charge in [0.15, 0.2) is 0 Å². The third kappa shape index (κ3) is 5.36. The van der Waals surface area contributed by atoms with E-state index in [-0.39, 0.29) is 25.5 Å². The van der Waals surface area contributed by atoms with Gasteiger partial charge in [0.2, 0.25) is 0 Å². The van der Waals surface area contributed by atoms with Crippen LogP contribution in [0.15, 0.2) is 78.3 Å². The molecule has 2 aliphatic rings. The van der Waals surface area contributed by atoms with Crippen LogP contribution in [-0.4, -0.2) is 37.6 Å². The molecule has 5 rings (SSSR count). The average molecular weight is 520 g/mol. The van der Waals surface area contributed by atoms with Gasteiger partial charge in [-0.2, -0.15) is 5.26 Å². The van der Waals surface area contributed by atoms with Crippen LogP contribution in [0.4, 0.5) is 4.79 Å². The van der Waals surface area contributed by atoms with Gasteiger partial charge in [-0.15, -0.1) is 0 Å². The number of hydrogen-bond acceptors (Lipinski definition) is 5. The molecule has 0 radical (unpaired) electrons. The summed E-state index contributed by atoms with van der Waals surface area (Å²) in [4.78, 5) is 12.9. The topological polar surface area (TPSA) is 80.6 Å². The summed E-state index contributed by atoms with van der Waals surface area (Å²) in [6, 6.07) is 26.4. The van der Waals surface area contributed by atoms with Crippen molar-refractivity contribution in [3.8, 4) is 17.2 Å². The molecule has 3 aromatic rings. The minimum atomic E-state index is -0.654. The number of alkyl carbamates (subject to hydrolysis) is 1. The number of carbonyl (C=O) groups is 1. The smallest absolute Gasteiger partial charge is 0.449 e. The lowest BCUT2D eigenvalue weighted by Crippen LogP contribution is -2.41. The second-order valence-electron chi connectivity index (χ2n) is 11.0. The molecule has 1 aliphatic carbocycles. The van der Waals surface area contributed by atoms with Gasteiger partial charge >= 0.3 is 13.2 Å². The summed E-state index contributed by atoms with van der Waals surface area (Å²) in [5.74, 6) is -0.0147. The summed E-state index contributed by atoms with van der Waals surface area (Å²) in [7, 11) is -0.654. The van der Waals surface area contributed by atoms with Crippen molar-refractivity contribution in [2.75, 3.05) is 13.2 Å². The second kappa shape index (κ2) is 10.7. The van der Waals surface area contributed by atoms with Crippen molar-refractivity contribution in [3.63, 3.8) is 0 Å². The molecule has 0 bridgehead atoms. The maximum absolute atomic E-state index is 12.9. The fourth-order valence-electron chi connectivity index (χ4n) is 5.14. The van der Waals surface area contributed by atoms with Crippen molar-refractivity contribution in [2.45, 2.75) is 51.2 Å². The van der Waals surface area contributed by atoms with Crippen LogP contribution in [0.25, 0.3) is 17.2 Å². The molecule has 3 aromatic carbocycles. The van der Waals surface area contributed by atoms with Gasteiger partial charge in [-0.25, -0.2) is 4.79 Å². The van der Waals surface area contributed by atoms with Crippen LogP contribution in [-0.2, 0) is 20.5 Å². The number of carbonyl (C=O) groups excluding carboxylic acids is 1. The van der Waals surface area contributed by atoms with E-state index in [0.717, 1.165) is 16.6 Å². The molecule has 1 saturated heterocycles. The van der Waals surface area contributed by atoms with Crippen molar-refractivity contribution in [2.24, 2.45) is 0 Å². The van der Waals surface area contributed by atoms with Gasteiger partial charge < -0.3 is 19.4 Å². The van der Waals surface area contributed by atoms with Gasteiger partial charge in [-0.05, 0) is 66.5 Å². The summed E-state index contributed by atoms with van der Waals surface area (Å²) in [6.07, 6.45) is 1.71. The van der Waals surface area contributed by atoms with E-state index in [2.05, 4.69) is 35.7 Å². The van der Waals surface area contributed by atoms with Crippen LogP contribution in [0.3, 0.4) is 0 Å². The largest absolute Gasteiger partial charge is 0.492 e. The molecule has 1 fully saturated rings. The molecule has 39 heavy (non-hydrogen) atoms. The van der Waals surface area contributed by atoms with E-state index in [4.69, 9.17) is 14.0 Å². The highest BCUT2D eigenvalue weighted by atomic mass is 16.7. The van der Waals surface area contributed by atoms with Crippen LogP contribution in [0, 0.1) is 11.3 Å². The first-order chi connectivity index (χ1) is 18.7. The highest BCUT2D eigenvalue weighted by Crippen LogP contribution is 2.44. The molecule has 1 amide bonds. The monoisotopic (exact) mass is 520 g/mol. The Morgan fingerprint density at radius 3 is 2.13 bits per heavy atom. The summed E-state index contributed by atoms with van der Waals surface area (Å²) in [5.41, 5.74) is 6.16. The molecule has 0 aromatic heterocycles. The van der Waals surface area contributed by atoms with Crippen LogP contribution in [0.2, 0.25) is 0 Å². The fourth-order valence-corrected chi connectivity index (χ4v) is 5.14. The first-order valence-electron chi connectivity index (χ1n) is 13.3. The van der Waals surface area contributed by atoms with E-state index in [0.29, 0.717) is 0 Å². The number of nitriles is 1. The lowest BCUT2D eigenvalue weighted by molar-refractivity contribution is 0.00578. The zero-order valence-electron chi connectivity index (χ0n) is 22.9. The third-order valence-corrected chi connectivity index (χ3v) is 8.00. The Hall–Kier alpha value is -3.86. The normalized spacial score (nSPS) is 17.3. The van der Waals surface area contributed by atoms with Crippen LogP contribution in [0.1, 0.15) is 55.9 Å². The summed E-state index contributed by atoms with van der Waals surface area (Å²) >= 11 is 0. The highest BCUT2D eigenvalue weighted by molar-refractivity contribution is 6.56. The zero-order valence-corrected chi connectivity index (χ0v) is 22.9. The molecule has 0 saturated carbocycles. The Morgan fingerprint density at radius 1 is 0.949 bits per heavy atom. The maximum atomic E-state index is 12.9. The summed E-state index contributed by atoms with van der Waals surface area (Å²) in [5, 5.41) is 12.2. The lowest BCUT2D eigenvalue weighted by atomic mass is 9.76. The Morgan fingerprint density at radius 2 is 1.51 bits per heavy atom. The Balaban J connectivity index is 1.32. The molecule has 0 unspecified atom stereocenters. The molecule has 1 N–H and O–H groups in total. The van der Waals surface area contributed by atoms with E-state index < -0.39 is 24.4 Å². The standard InChI is InChI=1S/C32H33BN2O4/c1-31(2)32(3,4)39-33(38-31)24(19-23-12-6-5-11-22(23)17-18-34)20-35-30(36)37-21-29-27-15-9-7-13-25(27)26-14-8-10-16-28(26)29/h5-16,19,29H,17,20-21H2,1-4H3,(H,35,36). The quantitative estimate of drug-likeness (QED) is 0.370. The number of nitrogens with zero attached hydrogens (tertiary/aromatic N) is 1. The Bertz CT molecular complexity index is 1390. The predicted molar refractivity (Wildman–Crippen MR) is 153 cm³/mol. The van der Waals surface area contributed by atoms with E-state index in [9.17, 15) is 10.1 Å². The van der Waals surface area contributed by atoms with Crippen LogP contribution < -0.4 is 5.32 Å². The molecule has 7 heteroatoms. The molecule has 198 valence electrons. The number of nitrogens with one attached hydrogen (secondary N) is 1. The minimum Gasteiger partial charge on any atom is -0.449 e. The van der Waals surface area contributed by atoms with E-state index in [1.54, 1.807) is 0 Å². The highest BCUT2D eigenvalue weighted by Gasteiger charge is 2.52. The van der Waals surface area contributed by atoms with Crippen LogP contribution >= 0.6 is 0 Å². The van der Waals surface area contributed by atoms with Gasteiger partial charge in [-0.3, -0.25) is 0 Å². The zero-order chi connectivity index (χ0) is 27.6. The number of amides is 1. The lowest BCUT2D eigenvalue weighted by Gasteiger charge is -2.32. The number of hydrogen-bond donors (Lipinski definition) is 1. The Labute approximate surface area is 230 Å². The summed E-state index contributed by atoms with van der Waals surface area (Å²) < 4.78 is 18.3. The second-order valence-corrected chi connectivity index (χ2v) is 11.0. The molecular formula is C32H33BN2O4. The molecular weight excluding hydrogens is 487 g/mol. The predicted octanol–water partition coefficient (Wildman–Crippen LogP) is 6.31. The fraction of sp³-hybridized carbons (Fsp3) is 0.312. The van der Waals surface area contributed by atoms with Gasteiger partial charge in [0.25, 0.3) is 0 Å². The first kappa shape index (κ1) is 26.7. The van der Waals surface area contributed by atoms with Gasteiger partial charge in [0, 0.05) is 12.5 Å². The van der Waals surface area contributed by atoms with Crippen molar-refractivity contribution >= 4 is 19.3 Å². The minimum absolute atomic E-state index is 0.0147. The SMILES string of the molecule is CC1(C)OB(C(=Cc2ccccc2CC#N)CNC(=O)OCC2c3ccccc3-c3ccccc32)OC1(C)C. The molecule has 0 atom stereocenters. The first-order valence-corrected chi connectivity index (χ1v) is 13.3. The van der Waals surface area contributed by atoms with E-state index in [1.165, 1.54) is 22.3 Å². The van der Waals surface area contributed by atoms with Crippen molar-refractivity contribution < 1.29 is 18.8 Å². The van der Waals surface area contributed by atoms with Crippen molar-refractivity contribution in [1.29, 1.82) is 5.26 Å². The summed E-state index contributed by atoms with van der Waals surface area (Å²) in [6.45, 7) is 8.38. The van der Waals surface area contributed by atoms with Gasteiger partial charge in [-0.1, -0.05) is 78.9 Å². The van der Waals surface area contributed by atoms with Crippen molar-refractivity contribution in [3.05, 3.63) is 101 Å². The molecule has 0 spiro atoms. The van der Waals surface area contributed by atoms with E-state index >= 15 is 0 Å². The molecule has 1 aliphatic heterocycles. The number of rotatable bonds is 7.